The quantitative estimate of drug-likeness (QED) is 0.296. The summed E-state index contributed by atoms with van der Waals surface area (Å²) in [6.07, 6.45) is 0.568. The average Bonchev–Trinajstić information content (AvgIpc) is 2.87. The van der Waals surface area contributed by atoms with E-state index in [2.05, 4.69) is 0 Å². The van der Waals surface area contributed by atoms with Crippen molar-refractivity contribution in [2.24, 2.45) is 0 Å². The molecule has 0 saturated carbocycles. The molecule has 178 valence electrons. The van der Waals surface area contributed by atoms with Crippen molar-refractivity contribution in [1.82, 2.24) is 4.90 Å². The molecular formula is C26H28N2O6. The molecule has 0 saturated heterocycles. The SMILES string of the molecule is CCOc1ccc(CN(CCc2ccc(OC)c(OC)c2)C(=O)c2cccc([N+](=O)[O-])c2)cc1. The van der Waals surface area contributed by atoms with Gasteiger partial charge in [0.15, 0.2) is 11.5 Å². The zero-order valence-electron chi connectivity index (χ0n) is 19.5. The Kier molecular flexibility index (Phi) is 8.45. The fourth-order valence-electron chi connectivity index (χ4n) is 3.57. The van der Waals surface area contributed by atoms with Crippen molar-refractivity contribution in [3.8, 4) is 17.2 Å². The third-order valence-corrected chi connectivity index (χ3v) is 5.32. The Hall–Kier alpha value is -4.07. The van der Waals surface area contributed by atoms with Crippen molar-refractivity contribution in [2.45, 2.75) is 19.9 Å². The molecule has 0 N–H and O–H groups in total. The molecule has 0 spiro atoms. The van der Waals surface area contributed by atoms with E-state index in [4.69, 9.17) is 14.2 Å². The van der Waals surface area contributed by atoms with Gasteiger partial charge in [-0.3, -0.25) is 14.9 Å². The van der Waals surface area contributed by atoms with Crippen molar-refractivity contribution in [2.75, 3.05) is 27.4 Å². The molecule has 0 unspecified atom stereocenters. The normalized spacial score (nSPS) is 10.4. The highest BCUT2D eigenvalue weighted by atomic mass is 16.6. The number of methoxy groups -OCH3 is 2. The van der Waals surface area contributed by atoms with Crippen molar-refractivity contribution < 1.29 is 23.9 Å². The zero-order valence-corrected chi connectivity index (χ0v) is 19.5. The second kappa shape index (κ2) is 11.7. The molecule has 0 fully saturated rings. The predicted octanol–water partition coefficient (Wildman–Crippen LogP) is 4.90. The Bertz CT molecular complexity index is 1130. The Morgan fingerprint density at radius 1 is 0.941 bits per heavy atom. The van der Waals surface area contributed by atoms with Crippen LogP contribution in [0.2, 0.25) is 0 Å². The number of carbonyl (C=O) groups excluding carboxylic acids is 1. The first kappa shape index (κ1) is 24.6. The molecule has 3 aromatic carbocycles. The minimum atomic E-state index is -0.503. The first-order valence-corrected chi connectivity index (χ1v) is 10.9. The molecule has 3 aromatic rings. The molecule has 0 aliphatic carbocycles. The Morgan fingerprint density at radius 2 is 1.65 bits per heavy atom. The van der Waals surface area contributed by atoms with Crippen LogP contribution in [0, 0.1) is 10.1 Å². The van der Waals surface area contributed by atoms with Gasteiger partial charge in [0.25, 0.3) is 11.6 Å². The van der Waals surface area contributed by atoms with Crippen LogP contribution in [-0.2, 0) is 13.0 Å². The van der Waals surface area contributed by atoms with Crippen LogP contribution in [0.4, 0.5) is 5.69 Å². The fourth-order valence-corrected chi connectivity index (χ4v) is 3.57. The van der Waals surface area contributed by atoms with Gasteiger partial charge in [0.05, 0.1) is 25.7 Å². The Morgan fingerprint density at radius 3 is 2.29 bits per heavy atom. The van der Waals surface area contributed by atoms with Gasteiger partial charge in [-0.25, -0.2) is 0 Å². The average molecular weight is 465 g/mol. The van der Waals surface area contributed by atoms with E-state index in [1.165, 1.54) is 18.2 Å². The lowest BCUT2D eigenvalue weighted by molar-refractivity contribution is -0.384. The van der Waals surface area contributed by atoms with Gasteiger partial charge < -0.3 is 19.1 Å². The number of carbonyl (C=O) groups is 1. The number of hydrogen-bond acceptors (Lipinski definition) is 6. The van der Waals surface area contributed by atoms with E-state index in [1.54, 1.807) is 25.2 Å². The lowest BCUT2D eigenvalue weighted by atomic mass is 10.1. The molecule has 3 rings (SSSR count). The second-order valence-electron chi connectivity index (χ2n) is 7.55. The van der Waals surface area contributed by atoms with E-state index in [0.29, 0.717) is 37.6 Å². The number of ether oxygens (including phenoxy) is 3. The topological polar surface area (TPSA) is 91.1 Å². The highest BCUT2D eigenvalue weighted by Gasteiger charge is 2.19. The fraction of sp³-hybridized carbons (Fsp3) is 0.269. The molecule has 0 heterocycles. The first-order valence-electron chi connectivity index (χ1n) is 10.9. The van der Waals surface area contributed by atoms with Crippen LogP contribution < -0.4 is 14.2 Å². The van der Waals surface area contributed by atoms with Crippen molar-refractivity contribution in [1.29, 1.82) is 0 Å². The van der Waals surface area contributed by atoms with Crippen molar-refractivity contribution in [3.63, 3.8) is 0 Å². The van der Waals surface area contributed by atoms with Crippen molar-refractivity contribution >= 4 is 11.6 Å². The third kappa shape index (κ3) is 6.25. The van der Waals surface area contributed by atoms with Gasteiger partial charge in [-0.2, -0.15) is 0 Å². The van der Waals surface area contributed by atoms with Crippen LogP contribution in [0.5, 0.6) is 17.2 Å². The van der Waals surface area contributed by atoms with Crippen LogP contribution in [0.15, 0.2) is 66.7 Å². The molecule has 8 heteroatoms. The van der Waals surface area contributed by atoms with Gasteiger partial charge in [0, 0.05) is 30.8 Å². The summed E-state index contributed by atoms with van der Waals surface area (Å²) >= 11 is 0. The maximum absolute atomic E-state index is 13.4. The minimum absolute atomic E-state index is 0.119. The largest absolute Gasteiger partial charge is 0.494 e. The molecule has 0 aliphatic heterocycles. The van der Waals surface area contributed by atoms with Crippen LogP contribution in [0.1, 0.15) is 28.4 Å². The molecule has 0 aromatic heterocycles. The van der Waals surface area contributed by atoms with Crippen LogP contribution >= 0.6 is 0 Å². The monoisotopic (exact) mass is 464 g/mol. The molecule has 34 heavy (non-hydrogen) atoms. The lowest BCUT2D eigenvalue weighted by Gasteiger charge is -2.23. The molecule has 0 bridgehead atoms. The summed E-state index contributed by atoms with van der Waals surface area (Å²) in [5, 5.41) is 11.2. The highest BCUT2D eigenvalue weighted by molar-refractivity contribution is 5.94. The van der Waals surface area contributed by atoms with E-state index >= 15 is 0 Å². The highest BCUT2D eigenvalue weighted by Crippen LogP contribution is 2.28. The number of nitro benzene ring substituents is 1. The van der Waals surface area contributed by atoms with Crippen LogP contribution in [0.25, 0.3) is 0 Å². The lowest BCUT2D eigenvalue weighted by Crippen LogP contribution is -2.32. The standard InChI is InChI=1S/C26H28N2O6/c1-4-34-23-11-8-20(9-12-23)18-27(26(29)21-6-5-7-22(17-21)28(30)31)15-14-19-10-13-24(32-2)25(16-19)33-3/h5-13,16-17H,4,14-15,18H2,1-3H3. The third-order valence-electron chi connectivity index (χ3n) is 5.32. The number of hydrogen-bond donors (Lipinski definition) is 0. The summed E-state index contributed by atoms with van der Waals surface area (Å²) in [5.74, 6) is 1.72. The Labute approximate surface area is 198 Å². The second-order valence-corrected chi connectivity index (χ2v) is 7.55. The summed E-state index contributed by atoms with van der Waals surface area (Å²) in [5.41, 5.74) is 2.05. The maximum Gasteiger partial charge on any atom is 0.270 e. The first-order chi connectivity index (χ1) is 16.4. The maximum atomic E-state index is 13.4. The molecular weight excluding hydrogens is 436 g/mol. The van der Waals surface area contributed by atoms with Gasteiger partial charge in [0.2, 0.25) is 0 Å². The summed E-state index contributed by atoms with van der Waals surface area (Å²) in [7, 11) is 3.15. The van der Waals surface area contributed by atoms with Crippen molar-refractivity contribution in [3.05, 3.63) is 93.5 Å². The molecule has 8 nitrogen and oxygen atoms in total. The zero-order chi connectivity index (χ0) is 24.5. The van der Waals surface area contributed by atoms with Gasteiger partial charge in [-0.15, -0.1) is 0 Å². The smallest absolute Gasteiger partial charge is 0.270 e. The summed E-state index contributed by atoms with van der Waals surface area (Å²) < 4.78 is 16.2. The summed E-state index contributed by atoms with van der Waals surface area (Å²) in [4.78, 5) is 25.7. The van der Waals surface area contributed by atoms with Gasteiger partial charge in [-0.1, -0.05) is 24.3 Å². The van der Waals surface area contributed by atoms with Gasteiger partial charge in [0.1, 0.15) is 5.75 Å². The van der Waals surface area contributed by atoms with E-state index in [-0.39, 0.29) is 17.2 Å². The van der Waals surface area contributed by atoms with E-state index in [1.807, 2.05) is 49.4 Å². The molecule has 0 atom stereocenters. The number of nitro groups is 1. The number of rotatable bonds is 11. The van der Waals surface area contributed by atoms with Gasteiger partial charge in [-0.05, 0) is 54.8 Å². The molecule has 0 aliphatic rings. The number of benzene rings is 3. The van der Waals surface area contributed by atoms with Crippen LogP contribution in [0.3, 0.4) is 0 Å². The predicted molar refractivity (Wildman–Crippen MR) is 129 cm³/mol. The van der Waals surface area contributed by atoms with E-state index < -0.39 is 4.92 Å². The number of non-ortho nitro benzene ring substituents is 1. The van der Waals surface area contributed by atoms with Gasteiger partial charge >= 0.3 is 0 Å². The van der Waals surface area contributed by atoms with E-state index in [9.17, 15) is 14.9 Å². The molecule has 1 amide bonds. The molecule has 0 radical (unpaired) electrons. The number of nitrogens with zero attached hydrogens (tertiary/aromatic N) is 2. The van der Waals surface area contributed by atoms with E-state index in [0.717, 1.165) is 16.9 Å². The Balaban J connectivity index is 1.84. The summed E-state index contributed by atoms with van der Waals surface area (Å²) in [6, 6.07) is 19.0. The van der Waals surface area contributed by atoms with Crippen LogP contribution in [-0.4, -0.2) is 43.1 Å². The summed E-state index contributed by atoms with van der Waals surface area (Å²) in [6.45, 7) is 3.25. The minimum Gasteiger partial charge on any atom is -0.494 e. The number of amides is 1.